The monoisotopic (exact) mass is 329 g/mol. The van der Waals surface area contributed by atoms with Crippen LogP contribution >= 0.6 is 12.4 Å². The molecule has 23 heavy (non-hydrogen) atoms. The van der Waals surface area contributed by atoms with Gasteiger partial charge in [-0.15, -0.1) is 12.4 Å². The number of nitrogens with one attached hydrogen (secondary N) is 1. The minimum Gasteiger partial charge on any atom is -0.311 e. The molecule has 1 N–H and O–H groups in total. The predicted octanol–water partition coefficient (Wildman–Crippen LogP) is 3.79. The summed E-state index contributed by atoms with van der Waals surface area (Å²) in [7, 11) is 0. The molecule has 0 saturated carbocycles. The molecule has 3 nitrogen and oxygen atoms in total. The van der Waals surface area contributed by atoms with E-state index in [2.05, 4.69) is 16.4 Å². The first-order valence-electron chi connectivity index (χ1n) is 7.66. The van der Waals surface area contributed by atoms with Crippen LogP contribution < -0.4 is 5.32 Å². The Morgan fingerprint density at radius 1 is 1.22 bits per heavy atom. The lowest BCUT2D eigenvalue weighted by atomic mass is 9.84. The Balaban J connectivity index is 0.00000156. The lowest BCUT2D eigenvalue weighted by Gasteiger charge is -2.20. The molecule has 2 aromatic rings. The van der Waals surface area contributed by atoms with E-state index in [1.165, 1.54) is 12.8 Å². The fraction of sp³-hybridized carbons (Fsp3) is 0.333. The van der Waals surface area contributed by atoms with E-state index in [-0.39, 0.29) is 12.4 Å². The van der Waals surface area contributed by atoms with Gasteiger partial charge < -0.3 is 5.32 Å². The molecular formula is C18H17ClFN3. The number of fused-ring (bicyclic) bond motifs is 2. The third kappa shape index (κ3) is 2.83. The van der Waals surface area contributed by atoms with Crippen LogP contribution in [-0.4, -0.2) is 17.1 Å². The quantitative estimate of drug-likeness (QED) is 0.853. The second-order valence-corrected chi connectivity index (χ2v) is 6.19. The number of benzene rings is 1. The molecule has 2 fully saturated rings. The fourth-order valence-electron chi connectivity index (χ4n) is 3.79. The van der Waals surface area contributed by atoms with Crippen molar-refractivity contribution in [3.05, 3.63) is 53.6 Å². The molecule has 2 aliphatic heterocycles. The van der Waals surface area contributed by atoms with Crippen molar-refractivity contribution in [2.45, 2.75) is 37.3 Å². The summed E-state index contributed by atoms with van der Waals surface area (Å²) in [5.74, 6) is -0.0199. The molecule has 3 heterocycles. The highest BCUT2D eigenvalue weighted by Gasteiger charge is 2.39. The van der Waals surface area contributed by atoms with Gasteiger partial charge in [-0.05, 0) is 48.6 Å². The van der Waals surface area contributed by atoms with Crippen LogP contribution in [0.2, 0.25) is 0 Å². The molecule has 0 aliphatic carbocycles. The average Bonchev–Trinajstić information content (AvgIpc) is 3.19. The normalized spacial score (nSPS) is 25.0. The fourth-order valence-corrected chi connectivity index (χ4v) is 3.79. The van der Waals surface area contributed by atoms with E-state index in [4.69, 9.17) is 5.26 Å². The van der Waals surface area contributed by atoms with Crippen molar-refractivity contribution < 1.29 is 4.39 Å². The average molecular weight is 330 g/mol. The molecule has 0 amide bonds. The first kappa shape index (κ1) is 15.9. The van der Waals surface area contributed by atoms with Crippen LogP contribution in [0.25, 0.3) is 11.1 Å². The smallest absolute Gasteiger partial charge is 0.220 e. The van der Waals surface area contributed by atoms with E-state index >= 15 is 0 Å². The Labute approximate surface area is 141 Å². The number of pyridine rings is 1. The third-order valence-corrected chi connectivity index (χ3v) is 4.91. The van der Waals surface area contributed by atoms with Crippen molar-refractivity contribution in [1.29, 1.82) is 5.26 Å². The molecule has 2 saturated heterocycles. The second-order valence-electron chi connectivity index (χ2n) is 6.19. The maximum Gasteiger partial charge on any atom is 0.220 e. The van der Waals surface area contributed by atoms with Crippen LogP contribution in [0.4, 0.5) is 4.39 Å². The van der Waals surface area contributed by atoms with Crippen molar-refractivity contribution in [3.63, 3.8) is 0 Å². The van der Waals surface area contributed by atoms with Crippen molar-refractivity contribution in [3.8, 4) is 17.2 Å². The lowest BCUT2D eigenvalue weighted by Crippen LogP contribution is -2.21. The summed E-state index contributed by atoms with van der Waals surface area (Å²) in [4.78, 5) is 3.97. The Kier molecular flexibility index (Phi) is 4.34. The van der Waals surface area contributed by atoms with Crippen LogP contribution in [0.1, 0.15) is 36.3 Å². The van der Waals surface area contributed by atoms with Crippen molar-refractivity contribution in [1.82, 2.24) is 10.3 Å². The summed E-state index contributed by atoms with van der Waals surface area (Å²) in [5, 5.41) is 12.5. The van der Waals surface area contributed by atoms with Gasteiger partial charge in [0, 0.05) is 29.8 Å². The largest absolute Gasteiger partial charge is 0.311 e. The highest BCUT2D eigenvalue weighted by Crippen LogP contribution is 2.40. The number of aromatic nitrogens is 1. The van der Waals surface area contributed by atoms with Crippen molar-refractivity contribution in [2.24, 2.45) is 0 Å². The third-order valence-electron chi connectivity index (χ3n) is 4.91. The first-order valence-corrected chi connectivity index (χ1v) is 7.66. The van der Waals surface area contributed by atoms with Crippen molar-refractivity contribution >= 4 is 12.4 Å². The van der Waals surface area contributed by atoms with E-state index in [9.17, 15) is 4.39 Å². The summed E-state index contributed by atoms with van der Waals surface area (Å²) < 4.78 is 14.1. The number of nitriles is 1. The van der Waals surface area contributed by atoms with Gasteiger partial charge in [-0.3, -0.25) is 0 Å². The van der Waals surface area contributed by atoms with Gasteiger partial charge in [0.2, 0.25) is 5.95 Å². The highest BCUT2D eigenvalue weighted by molar-refractivity contribution is 5.85. The highest BCUT2D eigenvalue weighted by atomic mass is 35.5. The summed E-state index contributed by atoms with van der Waals surface area (Å²) in [6.45, 7) is 0. The van der Waals surface area contributed by atoms with Crippen LogP contribution in [0.5, 0.6) is 0 Å². The summed E-state index contributed by atoms with van der Waals surface area (Å²) in [5.41, 5.74) is 2.97. The summed E-state index contributed by atoms with van der Waals surface area (Å²) >= 11 is 0. The van der Waals surface area contributed by atoms with Gasteiger partial charge in [0.1, 0.15) is 0 Å². The molecule has 3 atom stereocenters. The molecule has 1 unspecified atom stereocenters. The van der Waals surface area contributed by atoms with Crippen molar-refractivity contribution in [2.75, 3.05) is 0 Å². The molecule has 118 valence electrons. The molecule has 5 heteroatoms. The predicted molar refractivity (Wildman–Crippen MR) is 88.9 cm³/mol. The van der Waals surface area contributed by atoms with Gasteiger partial charge in [-0.1, -0.05) is 12.1 Å². The first-order chi connectivity index (χ1) is 10.7. The van der Waals surface area contributed by atoms with Crippen LogP contribution in [-0.2, 0) is 0 Å². The van der Waals surface area contributed by atoms with Gasteiger partial charge >= 0.3 is 0 Å². The number of nitrogens with zero attached hydrogens (tertiary/aromatic N) is 2. The summed E-state index contributed by atoms with van der Waals surface area (Å²) in [6, 6.07) is 12.1. The molecule has 1 aromatic carbocycles. The molecule has 1 aromatic heterocycles. The molecule has 4 rings (SSSR count). The summed E-state index contributed by atoms with van der Waals surface area (Å²) in [6.07, 6.45) is 5.23. The minimum absolute atomic E-state index is 0. The molecule has 2 aliphatic rings. The zero-order valence-corrected chi connectivity index (χ0v) is 13.3. The molecule has 0 spiro atoms. The van der Waals surface area contributed by atoms with Gasteiger partial charge in [0.25, 0.3) is 0 Å². The zero-order valence-electron chi connectivity index (χ0n) is 12.5. The maximum atomic E-state index is 14.1. The van der Waals surface area contributed by atoms with E-state index in [0.717, 1.165) is 17.5 Å². The van der Waals surface area contributed by atoms with Gasteiger partial charge in [0.15, 0.2) is 0 Å². The van der Waals surface area contributed by atoms with E-state index < -0.39 is 5.95 Å². The number of hydrogen-bond acceptors (Lipinski definition) is 3. The van der Waals surface area contributed by atoms with Crippen LogP contribution in [0.3, 0.4) is 0 Å². The van der Waals surface area contributed by atoms with E-state index in [1.54, 1.807) is 30.5 Å². The van der Waals surface area contributed by atoms with Gasteiger partial charge in [-0.2, -0.15) is 9.65 Å². The van der Waals surface area contributed by atoms with E-state index in [1.807, 2.05) is 6.07 Å². The minimum atomic E-state index is -0.454. The number of hydrogen-bond donors (Lipinski definition) is 1. The molecule has 0 radical (unpaired) electrons. The zero-order chi connectivity index (χ0) is 15.1. The maximum absolute atomic E-state index is 14.1. The molecule has 2 bridgehead atoms. The number of halogens is 2. The second kappa shape index (κ2) is 6.27. The Morgan fingerprint density at radius 3 is 2.61 bits per heavy atom. The lowest BCUT2D eigenvalue weighted by molar-refractivity contribution is 0.502. The number of rotatable bonds is 2. The van der Waals surface area contributed by atoms with Crippen LogP contribution in [0, 0.1) is 17.3 Å². The SMILES string of the molecule is Cl.N#Cc1ccc(-c2cc(C3C[C@@H]4CC[C@H]3N4)cnc2F)cc1. The van der Waals surface area contributed by atoms with Gasteiger partial charge in [0.05, 0.1) is 11.6 Å². The van der Waals surface area contributed by atoms with Gasteiger partial charge in [-0.25, -0.2) is 4.98 Å². The Hall–Kier alpha value is -1.96. The Morgan fingerprint density at radius 2 is 2.00 bits per heavy atom. The Bertz CT molecular complexity index is 754. The topological polar surface area (TPSA) is 48.7 Å². The molecular weight excluding hydrogens is 313 g/mol. The van der Waals surface area contributed by atoms with Crippen LogP contribution in [0.15, 0.2) is 36.5 Å². The van der Waals surface area contributed by atoms with E-state index in [0.29, 0.717) is 29.1 Å². The standard InChI is InChI=1S/C18H16FN3.ClH/c19-18-16(12-3-1-11(9-20)2-4-12)7-13(10-21-18)15-8-14-5-6-17(15)22-14;/h1-4,7,10,14-15,17,22H,5-6,8H2;1H/t14-,15?,17+;/m0./s1.